The fourth-order valence-corrected chi connectivity index (χ4v) is 2.99. The average molecular weight is 290 g/mol. The zero-order valence-corrected chi connectivity index (χ0v) is 12.5. The van der Waals surface area contributed by atoms with Crippen LogP contribution in [0.5, 0.6) is 0 Å². The molecule has 21 heavy (non-hydrogen) atoms. The van der Waals surface area contributed by atoms with Crippen LogP contribution in [0.3, 0.4) is 0 Å². The predicted octanol–water partition coefficient (Wildman–Crippen LogP) is 0.907. The minimum absolute atomic E-state index is 0.269. The number of hydrogen-bond acceptors (Lipinski definition) is 6. The number of likely N-dealkylation sites (tertiary alicyclic amines) is 1. The summed E-state index contributed by atoms with van der Waals surface area (Å²) in [6.07, 6.45) is 0.528. The predicted molar refractivity (Wildman–Crippen MR) is 81.8 cm³/mol. The molecule has 1 saturated heterocycles. The van der Waals surface area contributed by atoms with Gasteiger partial charge < -0.3 is 20.2 Å². The number of fused-ring (bicyclic) bond motifs is 1. The van der Waals surface area contributed by atoms with Crippen molar-refractivity contribution in [1.82, 2.24) is 14.8 Å². The van der Waals surface area contributed by atoms with Crippen LogP contribution in [0.2, 0.25) is 0 Å². The van der Waals surface area contributed by atoms with Crippen molar-refractivity contribution in [2.24, 2.45) is 0 Å². The van der Waals surface area contributed by atoms with Gasteiger partial charge in [0.15, 0.2) is 5.58 Å². The molecule has 0 bridgehead atoms. The van der Waals surface area contributed by atoms with Crippen molar-refractivity contribution < 1.29 is 9.52 Å². The Hall–Kier alpha value is -1.63. The standard InChI is InChI=1S/C15H22N4O2/c1-18(2)7-11-6-12(20)8-19(11)9-15-17-13-4-3-10(16)5-14(13)21-15/h3-5,11-12,20H,6-9,16H2,1-2H3. The minimum atomic E-state index is -0.269. The summed E-state index contributed by atoms with van der Waals surface area (Å²) in [5.74, 6) is 0.674. The number of aromatic nitrogens is 1. The quantitative estimate of drug-likeness (QED) is 0.815. The molecule has 1 aliphatic rings. The summed E-state index contributed by atoms with van der Waals surface area (Å²) in [6.45, 7) is 2.20. The molecular weight excluding hydrogens is 268 g/mol. The second-order valence-corrected chi connectivity index (χ2v) is 6.07. The Morgan fingerprint density at radius 2 is 2.29 bits per heavy atom. The molecule has 0 spiro atoms. The van der Waals surface area contributed by atoms with E-state index in [2.05, 4.69) is 14.8 Å². The Morgan fingerprint density at radius 1 is 1.48 bits per heavy atom. The van der Waals surface area contributed by atoms with Crippen molar-refractivity contribution in [3.63, 3.8) is 0 Å². The maximum atomic E-state index is 9.91. The lowest BCUT2D eigenvalue weighted by molar-refractivity contribution is 0.162. The third-order valence-corrected chi connectivity index (χ3v) is 3.88. The molecule has 3 N–H and O–H groups in total. The van der Waals surface area contributed by atoms with Crippen molar-refractivity contribution in [2.45, 2.75) is 25.1 Å². The fraction of sp³-hybridized carbons (Fsp3) is 0.533. The van der Waals surface area contributed by atoms with Crippen molar-refractivity contribution in [3.8, 4) is 0 Å². The van der Waals surface area contributed by atoms with Crippen LogP contribution in [-0.4, -0.2) is 59.2 Å². The molecule has 0 saturated carbocycles. The third-order valence-electron chi connectivity index (χ3n) is 3.88. The summed E-state index contributed by atoms with van der Waals surface area (Å²) in [5.41, 5.74) is 7.97. The van der Waals surface area contributed by atoms with Crippen LogP contribution in [0.25, 0.3) is 11.1 Å². The molecule has 2 aromatic rings. The Kier molecular flexibility index (Phi) is 3.84. The van der Waals surface area contributed by atoms with Crippen LogP contribution < -0.4 is 5.73 Å². The topological polar surface area (TPSA) is 78.8 Å². The first-order valence-electron chi connectivity index (χ1n) is 7.23. The fourth-order valence-electron chi connectivity index (χ4n) is 2.99. The van der Waals surface area contributed by atoms with Gasteiger partial charge in [-0.2, -0.15) is 0 Å². The highest BCUT2D eigenvalue weighted by Gasteiger charge is 2.32. The van der Waals surface area contributed by atoms with E-state index >= 15 is 0 Å². The zero-order chi connectivity index (χ0) is 15.0. The second kappa shape index (κ2) is 5.63. The first kappa shape index (κ1) is 14.3. The van der Waals surface area contributed by atoms with Gasteiger partial charge in [-0.1, -0.05) is 0 Å². The molecule has 3 rings (SSSR count). The number of β-amino-alcohol motifs (C(OH)–C–C–N with tert-alkyl or cyclic N) is 1. The largest absolute Gasteiger partial charge is 0.439 e. The lowest BCUT2D eigenvalue weighted by atomic mass is 10.2. The van der Waals surface area contributed by atoms with Gasteiger partial charge in [0, 0.05) is 30.9 Å². The average Bonchev–Trinajstić information content (AvgIpc) is 2.92. The Labute approximate surface area is 124 Å². The number of nitrogens with two attached hydrogens (primary N) is 1. The monoisotopic (exact) mass is 290 g/mol. The first-order chi connectivity index (χ1) is 10.0. The van der Waals surface area contributed by atoms with Crippen molar-refractivity contribution >= 4 is 16.8 Å². The smallest absolute Gasteiger partial charge is 0.209 e. The third kappa shape index (κ3) is 3.18. The minimum Gasteiger partial charge on any atom is -0.439 e. The maximum Gasteiger partial charge on any atom is 0.209 e. The van der Waals surface area contributed by atoms with Crippen LogP contribution in [-0.2, 0) is 6.54 Å². The number of anilines is 1. The molecular formula is C15H22N4O2. The number of nitrogen functional groups attached to an aromatic ring is 1. The van der Waals surface area contributed by atoms with Crippen molar-refractivity contribution in [2.75, 3.05) is 32.9 Å². The second-order valence-electron chi connectivity index (χ2n) is 6.07. The molecule has 114 valence electrons. The molecule has 1 aromatic carbocycles. The number of oxazole rings is 1. The lowest BCUT2D eigenvalue weighted by Gasteiger charge is -2.25. The van der Waals surface area contributed by atoms with Gasteiger partial charge in [0.05, 0.1) is 12.6 Å². The number of benzene rings is 1. The zero-order valence-electron chi connectivity index (χ0n) is 12.5. The van der Waals surface area contributed by atoms with Crippen molar-refractivity contribution in [3.05, 3.63) is 24.1 Å². The van der Waals surface area contributed by atoms with E-state index in [1.807, 2.05) is 26.2 Å². The van der Waals surface area contributed by atoms with Crippen LogP contribution in [0.4, 0.5) is 5.69 Å². The van der Waals surface area contributed by atoms with E-state index in [4.69, 9.17) is 10.2 Å². The molecule has 1 aliphatic heterocycles. The van der Waals surface area contributed by atoms with E-state index in [1.54, 1.807) is 6.07 Å². The van der Waals surface area contributed by atoms with Gasteiger partial charge in [-0.05, 0) is 32.6 Å². The molecule has 6 nitrogen and oxygen atoms in total. The highest BCUT2D eigenvalue weighted by molar-refractivity contribution is 5.76. The van der Waals surface area contributed by atoms with Gasteiger partial charge in [-0.3, -0.25) is 4.90 Å². The van der Waals surface area contributed by atoms with Gasteiger partial charge in [-0.25, -0.2) is 4.98 Å². The van der Waals surface area contributed by atoms with E-state index in [0.717, 1.165) is 18.5 Å². The number of nitrogens with zero attached hydrogens (tertiary/aromatic N) is 3. The number of rotatable bonds is 4. The van der Waals surface area contributed by atoms with Crippen LogP contribution in [0, 0.1) is 0 Å². The van der Waals surface area contributed by atoms with Gasteiger partial charge in [0.25, 0.3) is 0 Å². The maximum absolute atomic E-state index is 9.91. The number of aliphatic hydroxyl groups excluding tert-OH is 1. The van der Waals surface area contributed by atoms with Crippen LogP contribution in [0.15, 0.2) is 22.6 Å². The molecule has 1 fully saturated rings. The summed E-state index contributed by atoms with van der Waals surface area (Å²) in [4.78, 5) is 8.87. The number of aliphatic hydroxyl groups is 1. The van der Waals surface area contributed by atoms with Crippen LogP contribution in [0.1, 0.15) is 12.3 Å². The van der Waals surface area contributed by atoms with Gasteiger partial charge in [0.2, 0.25) is 5.89 Å². The molecule has 0 aliphatic carbocycles. The summed E-state index contributed by atoms with van der Waals surface area (Å²) < 4.78 is 5.77. The van der Waals surface area contributed by atoms with E-state index in [-0.39, 0.29) is 6.10 Å². The van der Waals surface area contributed by atoms with Gasteiger partial charge in [-0.15, -0.1) is 0 Å². The van der Waals surface area contributed by atoms with Gasteiger partial charge in [0.1, 0.15) is 5.52 Å². The molecule has 2 unspecified atom stereocenters. The first-order valence-corrected chi connectivity index (χ1v) is 7.23. The number of hydrogen-bond donors (Lipinski definition) is 2. The van der Waals surface area contributed by atoms with E-state index in [9.17, 15) is 5.11 Å². The highest BCUT2D eigenvalue weighted by Crippen LogP contribution is 2.23. The molecule has 1 aromatic heterocycles. The summed E-state index contributed by atoms with van der Waals surface area (Å²) in [7, 11) is 4.09. The van der Waals surface area contributed by atoms with Crippen LogP contribution >= 0.6 is 0 Å². The Bertz CT molecular complexity index is 625. The SMILES string of the molecule is CN(C)CC1CC(O)CN1Cc1nc2ccc(N)cc2o1. The van der Waals surface area contributed by atoms with E-state index in [1.165, 1.54) is 0 Å². The van der Waals surface area contributed by atoms with Crippen molar-refractivity contribution in [1.29, 1.82) is 0 Å². The Morgan fingerprint density at radius 3 is 3.05 bits per heavy atom. The lowest BCUT2D eigenvalue weighted by Crippen LogP contribution is -2.37. The van der Waals surface area contributed by atoms with E-state index in [0.29, 0.717) is 36.3 Å². The summed E-state index contributed by atoms with van der Waals surface area (Å²) in [5, 5.41) is 9.91. The highest BCUT2D eigenvalue weighted by atomic mass is 16.3. The number of likely N-dealkylation sites (N-methyl/N-ethyl adjacent to an activating group) is 1. The normalized spacial score (nSPS) is 23.4. The summed E-state index contributed by atoms with van der Waals surface area (Å²) in [6, 6.07) is 5.81. The Balaban J connectivity index is 1.76. The molecule has 2 heterocycles. The molecule has 6 heteroatoms. The molecule has 2 atom stereocenters. The van der Waals surface area contributed by atoms with Gasteiger partial charge >= 0.3 is 0 Å². The molecule has 0 radical (unpaired) electrons. The summed E-state index contributed by atoms with van der Waals surface area (Å²) >= 11 is 0. The molecule has 0 amide bonds. The van der Waals surface area contributed by atoms with E-state index < -0.39 is 0 Å².